The van der Waals surface area contributed by atoms with Crippen molar-refractivity contribution in [1.29, 1.82) is 0 Å². The molecule has 0 N–H and O–H groups in total. The first-order valence-electron chi connectivity index (χ1n) is 30.2. The van der Waals surface area contributed by atoms with Gasteiger partial charge in [-0.2, -0.15) is 0 Å². The summed E-state index contributed by atoms with van der Waals surface area (Å²) in [5.41, 5.74) is 24.5. The van der Waals surface area contributed by atoms with Gasteiger partial charge < -0.3 is 23.5 Å². The fraction of sp³-hybridized carbons (Fsp3) is 0.175. The Kier molecular flexibility index (Phi) is 13.7. The minimum atomic E-state index is -0.236. The molecule has 11 aromatic rings. The Labute approximate surface area is 507 Å². The van der Waals surface area contributed by atoms with Crippen LogP contribution in [-0.4, -0.2) is 6.71 Å². The molecule has 0 aliphatic carbocycles. The lowest BCUT2D eigenvalue weighted by Crippen LogP contribution is -2.61. The molecular weight excluding hydrogens is 1050 g/mol. The maximum absolute atomic E-state index is 6.71. The molecule has 0 unspecified atom stereocenters. The van der Waals surface area contributed by atoms with Gasteiger partial charge in [-0.05, 0) is 177 Å². The Morgan fingerprint density at radius 1 is 0.523 bits per heavy atom. The van der Waals surface area contributed by atoms with Crippen LogP contribution in [0.25, 0.3) is 61.8 Å². The van der Waals surface area contributed by atoms with Crippen LogP contribution in [0, 0.1) is 0 Å². The van der Waals surface area contributed by atoms with Gasteiger partial charge in [-0.1, -0.05) is 197 Å². The van der Waals surface area contributed by atoms with Crippen LogP contribution >= 0.6 is 0 Å². The molecule has 0 bridgehead atoms. The summed E-state index contributed by atoms with van der Waals surface area (Å²) in [6, 6.07) is 67.9. The molecule has 13 rings (SSSR count). The number of hydrogen-bond donors (Lipinski definition) is 0. The topological polar surface area (TPSA) is 36.0 Å². The van der Waals surface area contributed by atoms with E-state index in [2.05, 4.69) is 284 Å². The van der Waals surface area contributed by atoms with E-state index in [-0.39, 0.29) is 23.0 Å². The standard InChI is InChI=1S/C80H74BN3O2/c1-14-17-19-26-51(4)64-45-53(78(5,6)7)36-44-67(64)82(56-27-20-18-21-28-56)58-40-43-66-69(49-58)83(57-37-33-52(34-38-57)60-30-24-32-74-76(60)63-29-22-23-31-73(63)86-74)70-47-55(80(11,12)13)48-71-77(70)81(66)65-42-35-54(79(8,9)10)46-68(65)84(71)59-39-41-62-61(25-15-2)72(16-3)85-75(62)50-59/h14-50H,2,4H2,1,3,5-13H3/b17-14-,26-19-,61-25-,72-16+. The van der Waals surface area contributed by atoms with Crippen molar-refractivity contribution >= 4 is 125 Å². The number of furan rings is 2. The summed E-state index contributed by atoms with van der Waals surface area (Å²) in [7, 11) is 0. The van der Waals surface area contributed by atoms with E-state index in [9.17, 15) is 0 Å². The van der Waals surface area contributed by atoms with Crippen molar-refractivity contribution in [2.75, 3.05) is 14.7 Å². The summed E-state index contributed by atoms with van der Waals surface area (Å²) < 4.78 is 13.1. The van der Waals surface area contributed by atoms with Crippen molar-refractivity contribution in [3.8, 4) is 11.1 Å². The third-order valence-electron chi connectivity index (χ3n) is 17.5. The van der Waals surface area contributed by atoms with E-state index in [1.807, 2.05) is 38.1 Å². The molecule has 86 heavy (non-hydrogen) atoms. The smallest absolute Gasteiger partial charge is 0.252 e. The van der Waals surface area contributed by atoms with Gasteiger partial charge in [0.25, 0.3) is 6.71 Å². The van der Waals surface area contributed by atoms with Gasteiger partial charge in [0, 0.05) is 78.5 Å². The number of rotatable bonds is 10. The van der Waals surface area contributed by atoms with E-state index in [1.165, 1.54) is 33.1 Å². The molecule has 2 aromatic heterocycles. The Morgan fingerprint density at radius 2 is 1.15 bits per heavy atom. The maximum atomic E-state index is 6.71. The van der Waals surface area contributed by atoms with Crippen molar-refractivity contribution < 1.29 is 8.83 Å². The fourth-order valence-corrected chi connectivity index (χ4v) is 13.0. The molecule has 2 aliphatic heterocycles. The van der Waals surface area contributed by atoms with E-state index in [0.29, 0.717) is 0 Å². The lowest BCUT2D eigenvalue weighted by atomic mass is 9.33. The minimum absolute atomic E-state index is 0.0902. The van der Waals surface area contributed by atoms with Crippen LogP contribution in [0.4, 0.5) is 51.2 Å². The summed E-state index contributed by atoms with van der Waals surface area (Å²) in [6.07, 6.45) is 14.3. The van der Waals surface area contributed by atoms with Gasteiger partial charge in [0.1, 0.15) is 22.2 Å². The molecule has 0 atom stereocenters. The van der Waals surface area contributed by atoms with Crippen LogP contribution in [0.1, 0.15) is 98.4 Å². The molecular formula is C80H74BN3O2. The van der Waals surface area contributed by atoms with E-state index >= 15 is 0 Å². The second-order valence-corrected chi connectivity index (χ2v) is 26.2. The van der Waals surface area contributed by atoms with Crippen molar-refractivity contribution in [2.45, 2.75) is 92.4 Å². The van der Waals surface area contributed by atoms with Crippen LogP contribution in [0.5, 0.6) is 0 Å². The van der Waals surface area contributed by atoms with E-state index < -0.39 is 0 Å². The van der Waals surface area contributed by atoms with E-state index in [0.717, 1.165) is 117 Å². The summed E-state index contributed by atoms with van der Waals surface area (Å²) in [4.78, 5) is 7.50. The first kappa shape index (κ1) is 55.7. The Hall–Kier alpha value is -9.52. The normalized spacial score (nSPS) is 13.8. The zero-order valence-electron chi connectivity index (χ0n) is 51.5. The zero-order chi connectivity index (χ0) is 60.0. The van der Waals surface area contributed by atoms with Crippen LogP contribution in [-0.2, 0) is 16.2 Å². The molecule has 0 amide bonds. The molecule has 0 fully saturated rings. The van der Waals surface area contributed by atoms with Crippen molar-refractivity contribution in [1.82, 2.24) is 0 Å². The quantitative estimate of drug-likeness (QED) is 0.101. The first-order valence-corrected chi connectivity index (χ1v) is 30.2. The molecule has 6 heteroatoms. The second-order valence-electron chi connectivity index (χ2n) is 26.2. The number of anilines is 9. The zero-order valence-corrected chi connectivity index (χ0v) is 51.5. The summed E-state index contributed by atoms with van der Waals surface area (Å²) >= 11 is 0. The molecule has 0 radical (unpaired) electrons. The van der Waals surface area contributed by atoms with Gasteiger partial charge in [0.15, 0.2) is 0 Å². The molecule has 0 spiro atoms. The van der Waals surface area contributed by atoms with Crippen molar-refractivity contribution in [3.05, 3.63) is 258 Å². The molecule has 0 saturated carbocycles. The van der Waals surface area contributed by atoms with Crippen molar-refractivity contribution in [2.24, 2.45) is 0 Å². The van der Waals surface area contributed by atoms with Crippen LogP contribution in [0.2, 0.25) is 0 Å². The number of hydrogen-bond acceptors (Lipinski definition) is 5. The number of para-hydroxylation sites is 2. The van der Waals surface area contributed by atoms with Crippen LogP contribution < -0.4 is 41.7 Å². The Balaban J connectivity index is 1.10. The van der Waals surface area contributed by atoms with Crippen molar-refractivity contribution in [3.63, 3.8) is 0 Å². The average molecular weight is 1120 g/mol. The maximum Gasteiger partial charge on any atom is 0.252 e. The molecule has 0 saturated heterocycles. The lowest BCUT2D eigenvalue weighted by molar-refractivity contribution is 0.575. The summed E-state index contributed by atoms with van der Waals surface area (Å²) in [6.45, 7) is 33.5. The highest BCUT2D eigenvalue weighted by molar-refractivity contribution is 7.00. The van der Waals surface area contributed by atoms with Gasteiger partial charge in [0.2, 0.25) is 0 Å². The highest BCUT2D eigenvalue weighted by Crippen LogP contribution is 2.50. The molecule has 424 valence electrons. The second kappa shape index (κ2) is 21.2. The fourth-order valence-electron chi connectivity index (χ4n) is 13.0. The number of allylic oxidation sites excluding steroid dienone is 6. The first-order chi connectivity index (χ1) is 41.3. The third kappa shape index (κ3) is 9.53. The molecule has 5 nitrogen and oxygen atoms in total. The SMILES string of the molecule is C=C/C=c1\c(=C/C)oc2cc(N3c4cc(C(C)(C)C)ccc4B4c5ccc(N(c6ccccc6)c6ccc(C(C)(C)C)cc6C(=C)/C=C\C=C/C)cc5N(c5ccc(-c6cccc7oc8ccccc8c67)cc5)c5cc(C(C)(C)C)cc3c54)ccc12. The van der Waals surface area contributed by atoms with E-state index in [4.69, 9.17) is 15.4 Å². The Bertz CT molecular complexity index is 4720. The predicted molar refractivity (Wildman–Crippen MR) is 371 cm³/mol. The van der Waals surface area contributed by atoms with Gasteiger partial charge >= 0.3 is 0 Å². The summed E-state index contributed by atoms with van der Waals surface area (Å²) in [5, 5.41) is 4.32. The highest BCUT2D eigenvalue weighted by atomic mass is 16.3. The Morgan fingerprint density at radius 3 is 1.85 bits per heavy atom. The molecule has 2 aliphatic rings. The largest absolute Gasteiger partial charge is 0.456 e. The van der Waals surface area contributed by atoms with Gasteiger partial charge in [-0.3, -0.25) is 0 Å². The van der Waals surface area contributed by atoms with Gasteiger partial charge in [-0.25, -0.2) is 0 Å². The molecule has 9 aromatic carbocycles. The minimum Gasteiger partial charge on any atom is -0.456 e. The average Bonchev–Trinajstić information content (AvgIpc) is 1.41. The van der Waals surface area contributed by atoms with Gasteiger partial charge in [-0.15, -0.1) is 0 Å². The number of nitrogens with zero attached hydrogens (tertiary/aromatic N) is 3. The van der Waals surface area contributed by atoms with E-state index in [1.54, 1.807) is 0 Å². The highest BCUT2D eigenvalue weighted by Gasteiger charge is 2.45. The van der Waals surface area contributed by atoms with Crippen LogP contribution in [0.15, 0.2) is 234 Å². The molecule has 4 heterocycles. The monoisotopic (exact) mass is 1120 g/mol. The third-order valence-corrected chi connectivity index (χ3v) is 17.5. The number of fused-ring (bicyclic) bond motifs is 8. The predicted octanol–water partition coefficient (Wildman–Crippen LogP) is 19.4. The summed E-state index contributed by atoms with van der Waals surface area (Å²) in [5.74, 6) is 0. The number of benzene rings is 9. The lowest BCUT2D eigenvalue weighted by Gasteiger charge is -2.45. The van der Waals surface area contributed by atoms with Gasteiger partial charge in [0.05, 0.1) is 5.69 Å². The van der Waals surface area contributed by atoms with Crippen LogP contribution in [0.3, 0.4) is 0 Å².